The number of amides is 5. The van der Waals surface area contributed by atoms with Gasteiger partial charge in [0, 0.05) is 13.6 Å². The van der Waals surface area contributed by atoms with Gasteiger partial charge in [-0.3, -0.25) is 9.69 Å². The Kier molecular flexibility index (Phi) is 2.50. The maximum atomic E-state index is 11.3. The van der Waals surface area contributed by atoms with Crippen molar-refractivity contribution in [3.63, 3.8) is 0 Å². The Hall–Kier alpha value is -1.59. The molecule has 1 N–H and O–H groups in total. The Balaban J connectivity index is 2.78. The number of likely N-dealkylation sites (N-methyl/N-ethyl adjacent to an activating group) is 1. The minimum Gasteiger partial charge on any atom is -0.341 e. The van der Waals surface area contributed by atoms with Gasteiger partial charge in [-0.25, -0.2) is 14.5 Å². The summed E-state index contributed by atoms with van der Waals surface area (Å²) in [7, 11) is 1.41. The molecule has 0 atom stereocenters. The maximum Gasteiger partial charge on any atom is 0.335 e. The van der Waals surface area contributed by atoms with Gasteiger partial charge in [-0.05, 0) is 6.92 Å². The summed E-state index contributed by atoms with van der Waals surface area (Å²) in [6.07, 6.45) is 0. The van der Waals surface area contributed by atoms with Gasteiger partial charge in [0.1, 0.15) is 6.54 Å². The number of imide groups is 2. The lowest BCUT2D eigenvalue weighted by Gasteiger charge is -2.13. The first-order chi connectivity index (χ1) is 6.11. The third-order valence-electron chi connectivity index (χ3n) is 1.83. The zero-order chi connectivity index (χ0) is 10.0. The van der Waals surface area contributed by atoms with Crippen molar-refractivity contribution in [2.24, 2.45) is 0 Å². The molecule has 13 heavy (non-hydrogen) atoms. The van der Waals surface area contributed by atoms with Gasteiger partial charge >= 0.3 is 12.1 Å². The average Bonchev–Trinajstić information content (AvgIpc) is 2.40. The van der Waals surface area contributed by atoms with E-state index in [4.69, 9.17) is 0 Å². The molecule has 1 heterocycles. The number of hydrogen-bond acceptors (Lipinski definition) is 3. The number of hydrogen-bond donors (Lipinski definition) is 1. The molecule has 0 spiro atoms. The van der Waals surface area contributed by atoms with Crippen molar-refractivity contribution < 1.29 is 14.4 Å². The molecule has 1 saturated heterocycles. The molecule has 1 aliphatic rings. The summed E-state index contributed by atoms with van der Waals surface area (Å²) in [5.74, 6) is -0.337. The maximum absolute atomic E-state index is 11.3. The molecular weight excluding hydrogens is 174 g/mol. The van der Waals surface area contributed by atoms with E-state index in [1.807, 2.05) is 0 Å². The van der Waals surface area contributed by atoms with Crippen molar-refractivity contribution in [2.45, 2.75) is 6.92 Å². The normalized spacial score (nSPS) is 16.8. The minimum absolute atomic E-state index is 0.160. The monoisotopic (exact) mass is 185 g/mol. The summed E-state index contributed by atoms with van der Waals surface area (Å²) in [6, 6.07) is -1.10. The smallest absolute Gasteiger partial charge is 0.335 e. The van der Waals surface area contributed by atoms with Crippen LogP contribution < -0.4 is 5.32 Å². The van der Waals surface area contributed by atoms with Crippen LogP contribution in [-0.4, -0.2) is 47.9 Å². The van der Waals surface area contributed by atoms with E-state index < -0.39 is 12.1 Å². The minimum atomic E-state index is -0.549. The summed E-state index contributed by atoms with van der Waals surface area (Å²) in [5, 5.41) is 2.29. The van der Waals surface area contributed by atoms with Crippen LogP contribution in [0.5, 0.6) is 0 Å². The van der Waals surface area contributed by atoms with Crippen LogP contribution in [0.1, 0.15) is 6.92 Å². The predicted octanol–water partition coefficient (Wildman–Crippen LogP) is -0.390. The van der Waals surface area contributed by atoms with E-state index in [1.165, 1.54) is 7.05 Å². The van der Waals surface area contributed by atoms with Crippen molar-refractivity contribution in [1.82, 2.24) is 15.1 Å². The Labute approximate surface area is 75.5 Å². The molecule has 0 saturated carbocycles. The number of nitrogens with one attached hydrogen (secondary N) is 1. The zero-order valence-electron chi connectivity index (χ0n) is 7.53. The van der Waals surface area contributed by atoms with Gasteiger partial charge in [0.15, 0.2) is 0 Å². The summed E-state index contributed by atoms with van der Waals surface area (Å²) in [6.45, 7) is 1.82. The standard InChI is InChI=1S/C7H11N3O3/c1-3-9-5(11)4-10(7(9)13)6(12)8-2/h3-4H2,1-2H3,(H,8,12). The van der Waals surface area contributed by atoms with Crippen molar-refractivity contribution in [3.8, 4) is 0 Å². The lowest BCUT2D eigenvalue weighted by atomic mass is 10.5. The summed E-state index contributed by atoms with van der Waals surface area (Å²) >= 11 is 0. The van der Waals surface area contributed by atoms with Crippen LogP contribution in [-0.2, 0) is 4.79 Å². The summed E-state index contributed by atoms with van der Waals surface area (Å²) in [5.41, 5.74) is 0. The molecule has 0 radical (unpaired) electrons. The molecule has 1 fully saturated rings. The molecule has 6 nitrogen and oxygen atoms in total. The highest BCUT2D eigenvalue weighted by molar-refractivity contribution is 6.09. The average molecular weight is 185 g/mol. The lowest BCUT2D eigenvalue weighted by molar-refractivity contribution is -0.125. The highest BCUT2D eigenvalue weighted by Gasteiger charge is 2.38. The van der Waals surface area contributed by atoms with Crippen molar-refractivity contribution >= 4 is 18.0 Å². The van der Waals surface area contributed by atoms with Gasteiger partial charge in [-0.2, -0.15) is 0 Å². The lowest BCUT2D eigenvalue weighted by Crippen LogP contribution is -2.41. The van der Waals surface area contributed by atoms with Gasteiger partial charge in [0.2, 0.25) is 0 Å². The molecule has 0 aromatic carbocycles. The fourth-order valence-corrected chi connectivity index (χ4v) is 1.15. The van der Waals surface area contributed by atoms with Crippen molar-refractivity contribution in [3.05, 3.63) is 0 Å². The second-order valence-electron chi connectivity index (χ2n) is 2.56. The van der Waals surface area contributed by atoms with Crippen LogP contribution in [0.2, 0.25) is 0 Å². The van der Waals surface area contributed by atoms with Gasteiger partial charge < -0.3 is 5.32 Å². The van der Waals surface area contributed by atoms with E-state index in [2.05, 4.69) is 5.32 Å². The zero-order valence-corrected chi connectivity index (χ0v) is 7.53. The third-order valence-corrected chi connectivity index (χ3v) is 1.83. The second kappa shape index (κ2) is 3.42. The summed E-state index contributed by atoms with van der Waals surface area (Å²) in [4.78, 5) is 35.4. The van der Waals surface area contributed by atoms with Crippen molar-refractivity contribution in [2.75, 3.05) is 20.1 Å². The first-order valence-corrected chi connectivity index (χ1v) is 3.95. The molecule has 0 aromatic heterocycles. The van der Waals surface area contributed by atoms with Crippen LogP contribution in [0, 0.1) is 0 Å². The fraction of sp³-hybridized carbons (Fsp3) is 0.571. The number of urea groups is 2. The van der Waals surface area contributed by atoms with E-state index in [0.29, 0.717) is 6.54 Å². The van der Waals surface area contributed by atoms with Crippen LogP contribution in [0.25, 0.3) is 0 Å². The molecule has 0 unspecified atom stereocenters. The number of carbonyl (C=O) groups excluding carboxylic acids is 3. The number of rotatable bonds is 1. The van der Waals surface area contributed by atoms with Crippen LogP contribution in [0.3, 0.4) is 0 Å². The first-order valence-electron chi connectivity index (χ1n) is 3.95. The molecule has 72 valence electrons. The Morgan fingerprint density at radius 3 is 2.54 bits per heavy atom. The van der Waals surface area contributed by atoms with E-state index in [0.717, 1.165) is 9.80 Å². The van der Waals surface area contributed by atoms with Gasteiger partial charge in [-0.1, -0.05) is 0 Å². The highest BCUT2D eigenvalue weighted by Crippen LogP contribution is 2.09. The van der Waals surface area contributed by atoms with E-state index in [9.17, 15) is 14.4 Å². The van der Waals surface area contributed by atoms with Crippen LogP contribution in [0.4, 0.5) is 9.59 Å². The van der Waals surface area contributed by atoms with E-state index in [1.54, 1.807) is 6.92 Å². The predicted molar refractivity (Wildman–Crippen MR) is 43.9 cm³/mol. The molecular formula is C7H11N3O3. The molecule has 0 bridgehead atoms. The number of nitrogens with zero attached hydrogens (tertiary/aromatic N) is 2. The molecule has 0 aromatic rings. The van der Waals surface area contributed by atoms with Crippen LogP contribution >= 0.6 is 0 Å². The molecule has 0 aliphatic carbocycles. The van der Waals surface area contributed by atoms with Crippen molar-refractivity contribution in [1.29, 1.82) is 0 Å². The second-order valence-corrected chi connectivity index (χ2v) is 2.56. The Morgan fingerprint density at radius 2 is 2.15 bits per heavy atom. The van der Waals surface area contributed by atoms with Gasteiger partial charge in [0.05, 0.1) is 0 Å². The van der Waals surface area contributed by atoms with Gasteiger partial charge in [-0.15, -0.1) is 0 Å². The first kappa shape index (κ1) is 9.50. The van der Waals surface area contributed by atoms with Crippen LogP contribution in [0.15, 0.2) is 0 Å². The molecule has 5 amide bonds. The molecule has 1 aliphatic heterocycles. The topological polar surface area (TPSA) is 69.7 Å². The highest BCUT2D eigenvalue weighted by atomic mass is 16.2. The largest absolute Gasteiger partial charge is 0.341 e. The SMILES string of the molecule is CCN1C(=O)CN(C(=O)NC)C1=O. The molecule has 1 rings (SSSR count). The van der Waals surface area contributed by atoms with E-state index >= 15 is 0 Å². The third kappa shape index (κ3) is 1.47. The molecule has 6 heteroatoms. The summed E-state index contributed by atoms with van der Waals surface area (Å²) < 4.78 is 0. The fourth-order valence-electron chi connectivity index (χ4n) is 1.15. The van der Waals surface area contributed by atoms with E-state index in [-0.39, 0.29) is 12.5 Å². The number of carbonyl (C=O) groups is 3. The van der Waals surface area contributed by atoms with Gasteiger partial charge in [0.25, 0.3) is 5.91 Å². The Morgan fingerprint density at radius 1 is 1.54 bits per heavy atom. The Bertz CT molecular complexity index is 262. The quantitative estimate of drug-likeness (QED) is 0.565.